The Hall–Kier alpha value is -3.91. The average Bonchev–Trinajstić information content (AvgIpc) is 2.78. The van der Waals surface area contributed by atoms with Gasteiger partial charge in [0.2, 0.25) is 5.91 Å². The lowest BCUT2D eigenvalue weighted by molar-refractivity contribution is -0.384. The first-order chi connectivity index (χ1) is 16.0. The molecule has 1 aromatic heterocycles. The predicted octanol–water partition coefficient (Wildman–Crippen LogP) is 5.89. The van der Waals surface area contributed by atoms with Gasteiger partial charge in [0.15, 0.2) is 0 Å². The number of carbonyl (C=O) groups is 1. The summed E-state index contributed by atoms with van der Waals surface area (Å²) in [6.45, 7) is 3.67. The molecule has 0 spiro atoms. The Morgan fingerprint density at radius 1 is 1.18 bits per heavy atom. The van der Waals surface area contributed by atoms with Crippen molar-refractivity contribution in [1.82, 2.24) is 4.98 Å². The molecule has 34 heavy (non-hydrogen) atoms. The van der Waals surface area contributed by atoms with Crippen molar-refractivity contribution in [2.45, 2.75) is 25.0 Å². The van der Waals surface area contributed by atoms with Crippen LogP contribution in [0.3, 0.4) is 0 Å². The summed E-state index contributed by atoms with van der Waals surface area (Å²) in [6.07, 6.45) is -4.76. The Morgan fingerprint density at radius 3 is 2.53 bits per heavy atom. The van der Waals surface area contributed by atoms with Crippen LogP contribution in [0, 0.1) is 35.3 Å². The van der Waals surface area contributed by atoms with Crippen LogP contribution in [0.4, 0.5) is 24.5 Å². The fourth-order valence-electron chi connectivity index (χ4n) is 3.04. The highest BCUT2D eigenvalue weighted by molar-refractivity contribution is 8.00. The highest BCUT2D eigenvalue weighted by Gasteiger charge is 2.34. The smallest absolute Gasteiger partial charge is 0.325 e. The molecule has 0 radical (unpaired) electrons. The van der Waals surface area contributed by atoms with Gasteiger partial charge in [0.1, 0.15) is 16.8 Å². The first-order valence-corrected chi connectivity index (χ1v) is 10.7. The van der Waals surface area contributed by atoms with E-state index in [1.54, 1.807) is 18.2 Å². The van der Waals surface area contributed by atoms with E-state index >= 15 is 0 Å². The molecule has 174 valence electrons. The van der Waals surface area contributed by atoms with Gasteiger partial charge in [-0.1, -0.05) is 36.0 Å². The van der Waals surface area contributed by atoms with Crippen molar-refractivity contribution < 1.29 is 22.9 Å². The number of nitro benzene ring substituents is 1. The zero-order valence-corrected chi connectivity index (χ0v) is 18.8. The number of nitrogens with zero attached hydrogens (tertiary/aromatic N) is 3. The number of non-ortho nitro benzene ring substituents is 1. The highest BCUT2D eigenvalue weighted by atomic mass is 32.2. The third kappa shape index (κ3) is 5.71. The maximum absolute atomic E-state index is 13.5. The number of halogens is 3. The fourth-order valence-corrected chi connectivity index (χ4v) is 3.85. The number of hydrogen-bond donors (Lipinski definition) is 1. The molecule has 0 atom stereocenters. The second-order valence-corrected chi connectivity index (χ2v) is 8.25. The number of rotatable bonds is 6. The van der Waals surface area contributed by atoms with Crippen molar-refractivity contribution in [3.05, 3.63) is 81.0 Å². The van der Waals surface area contributed by atoms with Crippen LogP contribution < -0.4 is 5.32 Å². The number of aromatic nitrogens is 1. The standard InChI is InChI=1S/C23H17F3N4O3S/c1-13-6-7-15(8-14(13)2)18-10-20(23(24,25)26)29-22(19(18)11-27)34-12-21(31)28-16-4-3-5-17(9-16)30(32)33/h3-10H,12H2,1-2H3,(H,28,31). The van der Waals surface area contributed by atoms with E-state index in [4.69, 9.17) is 0 Å². The van der Waals surface area contributed by atoms with Gasteiger partial charge in [-0.25, -0.2) is 4.98 Å². The summed E-state index contributed by atoms with van der Waals surface area (Å²) in [7, 11) is 0. The van der Waals surface area contributed by atoms with Gasteiger partial charge in [0, 0.05) is 23.4 Å². The maximum atomic E-state index is 13.5. The van der Waals surface area contributed by atoms with Crippen molar-refractivity contribution in [1.29, 1.82) is 5.26 Å². The minimum Gasteiger partial charge on any atom is -0.325 e. The molecule has 3 aromatic rings. The second-order valence-electron chi connectivity index (χ2n) is 7.29. The quantitative estimate of drug-likeness (QED) is 0.264. The largest absolute Gasteiger partial charge is 0.433 e. The molecule has 3 rings (SSSR count). The zero-order chi connectivity index (χ0) is 25.0. The number of nitro groups is 1. The summed E-state index contributed by atoms with van der Waals surface area (Å²) in [5.74, 6) is -0.987. The van der Waals surface area contributed by atoms with Gasteiger partial charge < -0.3 is 5.32 Å². The van der Waals surface area contributed by atoms with Crippen molar-refractivity contribution in [3.8, 4) is 17.2 Å². The Labute approximate surface area is 196 Å². The molecule has 0 aliphatic carbocycles. The molecule has 0 saturated carbocycles. The molecule has 11 heteroatoms. The number of pyridine rings is 1. The lowest BCUT2D eigenvalue weighted by Gasteiger charge is -2.14. The summed E-state index contributed by atoms with van der Waals surface area (Å²) >= 11 is 0.676. The van der Waals surface area contributed by atoms with Crippen LogP contribution in [0.5, 0.6) is 0 Å². The van der Waals surface area contributed by atoms with Gasteiger partial charge in [-0.15, -0.1) is 0 Å². The molecular formula is C23H17F3N4O3S. The van der Waals surface area contributed by atoms with E-state index in [0.29, 0.717) is 17.3 Å². The van der Waals surface area contributed by atoms with Crippen molar-refractivity contribution in [3.63, 3.8) is 0 Å². The van der Waals surface area contributed by atoms with E-state index in [1.807, 2.05) is 19.9 Å². The second kappa shape index (κ2) is 9.93. The molecule has 7 nitrogen and oxygen atoms in total. The summed E-state index contributed by atoms with van der Waals surface area (Å²) in [4.78, 5) is 26.2. The van der Waals surface area contributed by atoms with Gasteiger partial charge in [0.25, 0.3) is 5.69 Å². The van der Waals surface area contributed by atoms with Crippen LogP contribution >= 0.6 is 11.8 Å². The first-order valence-electron chi connectivity index (χ1n) is 9.76. The number of hydrogen-bond acceptors (Lipinski definition) is 6. The number of benzene rings is 2. The van der Waals surface area contributed by atoms with Gasteiger partial charge in [-0.2, -0.15) is 18.4 Å². The normalized spacial score (nSPS) is 11.1. The van der Waals surface area contributed by atoms with Gasteiger partial charge in [0.05, 0.1) is 16.2 Å². The number of carbonyl (C=O) groups excluding carboxylic acids is 1. The molecule has 1 amide bonds. The van der Waals surface area contributed by atoms with Gasteiger partial charge in [-0.05, 0) is 42.7 Å². The molecule has 0 unspecified atom stereocenters. The molecule has 0 fully saturated rings. The van der Waals surface area contributed by atoms with E-state index < -0.39 is 22.7 Å². The molecule has 0 aliphatic rings. The van der Waals surface area contributed by atoms with Crippen LogP contribution in [0.25, 0.3) is 11.1 Å². The average molecular weight is 486 g/mol. The summed E-state index contributed by atoms with van der Waals surface area (Å²) in [5.41, 5.74) is 0.954. The Bertz CT molecular complexity index is 1320. The number of alkyl halides is 3. The van der Waals surface area contributed by atoms with Crippen molar-refractivity contribution >= 4 is 29.0 Å². The van der Waals surface area contributed by atoms with E-state index in [2.05, 4.69) is 10.3 Å². The Morgan fingerprint density at radius 2 is 1.91 bits per heavy atom. The van der Waals surface area contributed by atoms with E-state index in [9.17, 15) is 33.3 Å². The fraction of sp³-hybridized carbons (Fsp3) is 0.174. The van der Waals surface area contributed by atoms with Crippen LogP contribution in [0.15, 0.2) is 53.6 Å². The molecule has 0 aliphatic heterocycles. The third-order valence-corrected chi connectivity index (χ3v) is 5.86. The van der Waals surface area contributed by atoms with E-state index in [1.165, 1.54) is 18.2 Å². The van der Waals surface area contributed by atoms with Gasteiger partial charge in [-0.3, -0.25) is 14.9 Å². The SMILES string of the molecule is Cc1ccc(-c2cc(C(F)(F)F)nc(SCC(=O)Nc3cccc([N+](=O)[O-])c3)c2C#N)cc1C. The summed E-state index contributed by atoms with van der Waals surface area (Å²) < 4.78 is 40.6. The monoisotopic (exact) mass is 486 g/mol. The summed E-state index contributed by atoms with van der Waals surface area (Å²) in [5, 5.41) is 22.8. The first kappa shape index (κ1) is 24.7. The van der Waals surface area contributed by atoms with Gasteiger partial charge >= 0.3 is 6.18 Å². The highest BCUT2D eigenvalue weighted by Crippen LogP contribution is 2.37. The minimum absolute atomic E-state index is 0.0644. The van der Waals surface area contributed by atoms with Crippen LogP contribution in [-0.4, -0.2) is 21.6 Å². The molecule has 1 N–H and O–H groups in total. The molecule has 0 saturated heterocycles. The number of nitrogens with one attached hydrogen (secondary N) is 1. The van der Waals surface area contributed by atoms with E-state index in [0.717, 1.165) is 23.3 Å². The van der Waals surface area contributed by atoms with Crippen LogP contribution in [-0.2, 0) is 11.0 Å². The van der Waals surface area contributed by atoms with Crippen LogP contribution in [0.1, 0.15) is 22.4 Å². The number of anilines is 1. The molecule has 0 bridgehead atoms. The van der Waals surface area contributed by atoms with Crippen LogP contribution in [0.2, 0.25) is 0 Å². The molecule has 1 heterocycles. The zero-order valence-electron chi connectivity index (χ0n) is 17.9. The van der Waals surface area contributed by atoms with Crippen molar-refractivity contribution in [2.24, 2.45) is 0 Å². The molecular weight excluding hydrogens is 469 g/mol. The Balaban J connectivity index is 1.93. The number of nitriles is 1. The number of aryl methyl sites for hydroxylation is 2. The topological polar surface area (TPSA) is 109 Å². The van der Waals surface area contributed by atoms with Crippen molar-refractivity contribution in [2.75, 3.05) is 11.1 Å². The summed E-state index contributed by atoms with van der Waals surface area (Å²) in [6, 6.07) is 13.0. The minimum atomic E-state index is -4.76. The predicted molar refractivity (Wildman–Crippen MR) is 121 cm³/mol. The number of amides is 1. The number of thioether (sulfide) groups is 1. The third-order valence-electron chi connectivity index (χ3n) is 4.89. The lowest BCUT2D eigenvalue weighted by Crippen LogP contribution is -2.15. The van der Waals surface area contributed by atoms with E-state index in [-0.39, 0.29) is 33.3 Å². The lowest BCUT2D eigenvalue weighted by atomic mass is 9.97. The Kier molecular flexibility index (Phi) is 7.22. The maximum Gasteiger partial charge on any atom is 0.433 e. The molecule has 2 aromatic carbocycles.